The summed E-state index contributed by atoms with van der Waals surface area (Å²) in [5.41, 5.74) is -0.149. The minimum absolute atomic E-state index is 0.315. The van der Waals surface area contributed by atoms with Crippen LogP contribution in [0.1, 0.15) is 45.2 Å². The van der Waals surface area contributed by atoms with Gasteiger partial charge >= 0.3 is 12.1 Å². The molecule has 0 radical (unpaired) electrons. The maximum atomic E-state index is 13.4. The summed E-state index contributed by atoms with van der Waals surface area (Å²) in [6.45, 7) is 5.15. The molecule has 0 unspecified atom stereocenters. The second-order valence-electron chi connectivity index (χ2n) is 6.39. The fourth-order valence-electron chi connectivity index (χ4n) is 2.66. The molecular formula is C16H20FNO4. The van der Waals surface area contributed by atoms with Crippen LogP contribution < -0.4 is 0 Å². The molecular weight excluding hydrogens is 289 g/mol. The number of carboxylic acids is 1. The molecule has 0 bridgehead atoms. The number of aliphatic carboxylic acids is 1. The van der Waals surface area contributed by atoms with E-state index in [1.807, 2.05) is 0 Å². The van der Waals surface area contributed by atoms with Crippen molar-refractivity contribution < 1.29 is 23.8 Å². The Hall–Kier alpha value is -2.11. The molecule has 1 aliphatic rings. The number of amides is 1. The molecule has 5 nitrogen and oxygen atoms in total. The largest absolute Gasteiger partial charge is 0.480 e. The minimum atomic E-state index is -1.08. The summed E-state index contributed by atoms with van der Waals surface area (Å²) < 4.78 is 18.7. The molecule has 0 aromatic heterocycles. The number of carbonyl (C=O) groups is 2. The molecule has 0 aliphatic carbocycles. The molecule has 1 aromatic carbocycles. The van der Waals surface area contributed by atoms with Crippen molar-refractivity contribution in [3.05, 3.63) is 35.6 Å². The molecule has 1 amide bonds. The summed E-state index contributed by atoms with van der Waals surface area (Å²) >= 11 is 0. The zero-order valence-electron chi connectivity index (χ0n) is 12.9. The van der Waals surface area contributed by atoms with E-state index in [0.717, 1.165) is 0 Å². The van der Waals surface area contributed by atoms with Gasteiger partial charge in [0.25, 0.3) is 0 Å². The number of benzene rings is 1. The molecule has 2 atom stereocenters. The number of carboxylic acid groups (broad SMARTS) is 1. The maximum Gasteiger partial charge on any atom is 0.411 e. The van der Waals surface area contributed by atoms with Crippen LogP contribution >= 0.6 is 0 Å². The summed E-state index contributed by atoms with van der Waals surface area (Å²) in [6, 6.07) is 4.42. The van der Waals surface area contributed by atoms with Crippen LogP contribution in [0.25, 0.3) is 0 Å². The van der Waals surface area contributed by atoms with Gasteiger partial charge in [0.1, 0.15) is 17.5 Å². The number of hydrogen-bond donors (Lipinski definition) is 1. The van der Waals surface area contributed by atoms with Gasteiger partial charge in [0.2, 0.25) is 0 Å². The number of hydrogen-bond acceptors (Lipinski definition) is 3. The first-order valence-corrected chi connectivity index (χ1v) is 7.18. The number of rotatable bonds is 2. The van der Waals surface area contributed by atoms with Crippen LogP contribution in [0.4, 0.5) is 9.18 Å². The topological polar surface area (TPSA) is 66.8 Å². The van der Waals surface area contributed by atoms with Gasteiger partial charge in [-0.2, -0.15) is 0 Å². The Labute approximate surface area is 128 Å². The molecule has 1 aromatic rings. The van der Waals surface area contributed by atoms with Crippen LogP contribution in [-0.2, 0) is 9.53 Å². The molecule has 0 spiro atoms. The van der Waals surface area contributed by atoms with Crippen molar-refractivity contribution in [1.82, 2.24) is 4.90 Å². The highest BCUT2D eigenvalue weighted by Gasteiger charge is 2.43. The van der Waals surface area contributed by atoms with Gasteiger partial charge in [-0.25, -0.2) is 14.0 Å². The monoisotopic (exact) mass is 309 g/mol. The van der Waals surface area contributed by atoms with Crippen molar-refractivity contribution >= 4 is 12.1 Å². The molecule has 2 rings (SSSR count). The van der Waals surface area contributed by atoms with E-state index in [9.17, 15) is 19.1 Å². The molecule has 22 heavy (non-hydrogen) atoms. The van der Waals surface area contributed by atoms with E-state index in [2.05, 4.69) is 0 Å². The predicted molar refractivity (Wildman–Crippen MR) is 77.9 cm³/mol. The lowest BCUT2D eigenvalue weighted by atomic mass is 10.0. The Kier molecular flexibility index (Phi) is 4.39. The summed E-state index contributed by atoms with van der Waals surface area (Å²) in [5.74, 6) is -1.50. The van der Waals surface area contributed by atoms with Crippen molar-refractivity contribution in [2.75, 3.05) is 0 Å². The predicted octanol–water partition coefficient (Wildman–Crippen LogP) is 3.35. The minimum Gasteiger partial charge on any atom is -0.480 e. The Morgan fingerprint density at radius 3 is 2.55 bits per heavy atom. The highest BCUT2D eigenvalue weighted by molar-refractivity contribution is 5.81. The summed E-state index contributed by atoms with van der Waals surface area (Å²) in [5, 5.41) is 9.33. The first kappa shape index (κ1) is 16.3. The fourth-order valence-corrected chi connectivity index (χ4v) is 2.66. The highest BCUT2D eigenvalue weighted by atomic mass is 19.1. The van der Waals surface area contributed by atoms with Crippen LogP contribution in [0, 0.1) is 5.82 Å². The highest BCUT2D eigenvalue weighted by Crippen LogP contribution is 2.37. The van der Waals surface area contributed by atoms with Crippen molar-refractivity contribution in [3.63, 3.8) is 0 Å². The van der Waals surface area contributed by atoms with Crippen LogP contribution in [-0.4, -0.2) is 33.7 Å². The third-order valence-electron chi connectivity index (χ3n) is 3.51. The molecule has 1 fully saturated rings. The molecule has 1 N–H and O–H groups in total. The number of halogens is 1. The summed E-state index contributed by atoms with van der Waals surface area (Å²) in [7, 11) is 0. The molecule has 1 heterocycles. The van der Waals surface area contributed by atoms with Gasteiger partial charge in [-0.1, -0.05) is 12.1 Å². The standard InChI is InChI=1S/C16H20FNO4/c1-16(2,3)22-15(21)18-12(7-8-13(18)14(19)20)10-5-4-6-11(17)9-10/h4-6,9,12-13H,7-8H2,1-3H3,(H,19,20)/t12-,13+/m0/s1. The average molecular weight is 309 g/mol. The molecule has 6 heteroatoms. The molecule has 120 valence electrons. The maximum absolute atomic E-state index is 13.4. The lowest BCUT2D eigenvalue weighted by molar-refractivity contribution is -0.142. The Morgan fingerprint density at radius 1 is 1.32 bits per heavy atom. The van der Waals surface area contributed by atoms with Gasteiger partial charge in [0, 0.05) is 0 Å². The van der Waals surface area contributed by atoms with Gasteiger partial charge < -0.3 is 9.84 Å². The van der Waals surface area contributed by atoms with Crippen LogP contribution in [0.15, 0.2) is 24.3 Å². The first-order valence-electron chi connectivity index (χ1n) is 7.18. The lowest BCUT2D eigenvalue weighted by Gasteiger charge is -2.31. The summed E-state index contributed by atoms with van der Waals surface area (Å²) in [4.78, 5) is 25.0. The van der Waals surface area contributed by atoms with Gasteiger partial charge in [0.05, 0.1) is 6.04 Å². The van der Waals surface area contributed by atoms with Gasteiger partial charge in [-0.3, -0.25) is 4.90 Å². The zero-order chi connectivity index (χ0) is 16.5. The second kappa shape index (κ2) is 5.94. The third kappa shape index (κ3) is 3.55. The Balaban J connectivity index is 2.32. The van der Waals surface area contributed by atoms with Crippen molar-refractivity contribution in [3.8, 4) is 0 Å². The van der Waals surface area contributed by atoms with Crippen LogP contribution in [0.3, 0.4) is 0 Å². The van der Waals surface area contributed by atoms with E-state index < -0.39 is 35.6 Å². The van der Waals surface area contributed by atoms with E-state index in [1.54, 1.807) is 32.9 Å². The van der Waals surface area contributed by atoms with E-state index >= 15 is 0 Å². The number of carbonyl (C=O) groups excluding carboxylic acids is 1. The summed E-state index contributed by atoms with van der Waals surface area (Å²) in [6.07, 6.45) is 0.0850. The van der Waals surface area contributed by atoms with E-state index in [-0.39, 0.29) is 0 Å². The molecule has 1 aliphatic heterocycles. The van der Waals surface area contributed by atoms with Gasteiger partial charge in [0.15, 0.2) is 0 Å². The Morgan fingerprint density at radius 2 is 2.00 bits per heavy atom. The Bertz CT molecular complexity index is 582. The van der Waals surface area contributed by atoms with E-state index in [0.29, 0.717) is 18.4 Å². The molecule has 1 saturated heterocycles. The quantitative estimate of drug-likeness (QED) is 0.909. The fraction of sp³-hybridized carbons (Fsp3) is 0.500. The second-order valence-corrected chi connectivity index (χ2v) is 6.39. The number of ether oxygens (including phenoxy) is 1. The average Bonchev–Trinajstić information content (AvgIpc) is 2.81. The first-order chi connectivity index (χ1) is 10.2. The zero-order valence-corrected chi connectivity index (χ0v) is 12.9. The van der Waals surface area contributed by atoms with Gasteiger partial charge in [-0.15, -0.1) is 0 Å². The number of nitrogens with zero attached hydrogens (tertiary/aromatic N) is 1. The normalized spacial score (nSPS) is 21.7. The molecule has 0 saturated carbocycles. The number of likely N-dealkylation sites (tertiary alicyclic amines) is 1. The van der Waals surface area contributed by atoms with E-state index in [4.69, 9.17) is 4.74 Å². The van der Waals surface area contributed by atoms with Crippen LogP contribution in [0.5, 0.6) is 0 Å². The van der Waals surface area contributed by atoms with Crippen molar-refractivity contribution in [1.29, 1.82) is 0 Å². The van der Waals surface area contributed by atoms with E-state index in [1.165, 1.54) is 17.0 Å². The van der Waals surface area contributed by atoms with Gasteiger partial charge in [-0.05, 0) is 51.3 Å². The van der Waals surface area contributed by atoms with Crippen LogP contribution in [0.2, 0.25) is 0 Å². The van der Waals surface area contributed by atoms with Crippen molar-refractivity contribution in [2.24, 2.45) is 0 Å². The van der Waals surface area contributed by atoms with Crippen molar-refractivity contribution in [2.45, 2.75) is 51.3 Å². The SMILES string of the molecule is CC(C)(C)OC(=O)N1[C@@H](C(=O)O)CC[C@H]1c1cccc(F)c1. The third-order valence-corrected chi connectivity index (χ3v) is 3.51. The lowest BCUT2D eigenvalue weighted by Crippen LogP contribution is -2.44. The smallest absolute Gasteiger partial charge is 0.411 e.